The van der Waals surface area contributed by atoms with Crippen molar-refractivity contribution in [2.24, 2.45) is 5.92 Å². The molecule has 0 spiro atoms. The predicted octanol–water partition coefficient (Wildman–Crippen LogP) is 2.40. The molecule has 1 saturated carbocycles. The van der Waals surface area contributed by atoms with Crippen molar-refractivity contribution in [3.05, 3.63) is 29.7 Å². The Morgan fingerprint density at radius 3 is 2.80 bits per heavy atom. The van der Waals surface area contributed by atoms with Gasteiger partial charge in [0.15, 0.2) is 0 Å². The fraction of sp³-hybridized carbons (Fsp3) is 0.467. The van der Waals surface area contributed by atoms with Crippen molar-refractivity contribution in [1.29, 1.82) is 0 Å². The van der Waals surface area contributed by atoms with E-state index >= 15 is 0 Å². The Bertz CT molecular complexity index is 532. The van der Waals surface area contributed by atoms with E-state index in [2.05, 4.69) is 12.2 Å². The Kier molecular flexibility index (Phi) is 4.27. The first kappa shape index (κ1) is 14.4. The Labute approximate surface area is 117 Å². The zero-order valence-electron chi connectivity index (χ0n) is 11.6. The van der Waals surface area contributed by atoms with Gasteiger partial charge < -0.3 is 14.8 Å². The van der Waals surface area contributed by atoms with E-state index in [1.165, 1.54) is 6.08 Å². The zero-order chi connectivity index (χ0) is 14.7. The Balaban J connectivity index is 1.90. The molecule has 1 aromatic heterocycles. The van der Waals surface area contributed by atoms with Crippen molar-refractivity contribution in [3.63, 3.8) is 0 Å². The summed E-state index contributed by atoms with van der Waals surface area (Å²) in [6.45, 7) is 3.88. The summed E-state index contributed by atoms with van der Waals surface area (Å²) in [7, 11) is 0. The van der Waals surface area contributed by atoms with E-state index in [-0.39, 0.29) is 0 Å². The van der Waals surface area contributed by atoms with Gasteiger partial charge in [-0.25, -0.2) is 4.79 Å². The second-order valence-electron chi connectivity index (χ2n) is 5.20. The molecule has 0 bridgehead atoms. The number of carboxylic acid groups (broad SMARTS) is 1. The Hall–Kier alpha value is -2.04. The minimum Gasteiger partial charge on any atom is -0.480 e. The summed E-state index contributed by atoms with van der Waals surface area (Å²) in [5.41, 5.74) is 0. The third kappa shape index (κ3) is 3.50. The van der Waals surface area contributed by atoms with Crippen LogP contribution < -0.4 is 5.32 Å². The lowest BCUT2D eigenvalue weighted by atomic mass is 10.2. The lowest BCUT2D eigenvalue weighted by Gasteiger charge is -2.09. The second-order valence-corrected chi connectivity index (χ2v) is 5.20. The van der Waals surface area contributed by atoms with Gasteiger partial charge in [-0.3, -0.25) is 4.79 Å². The first-order valence-electron chi connectivity index (χ1n) is 6.82. The minimum absolute atomic E-state index is 0.347. The van der Waals surface area contributed by atoms with Gasteiger partial charge in [0.1, 0.15) is 17.6 Å². The number of hydrogen-bond donors (Lipinski definition) is 2. The summed E-state index contributed by atoms with van der Waals surface area (Å²) in [4.78, 5) is 22.4. The van der Waals surface area contributed by atoms with Crippen molar-refractivity contribution in [2.45, 2.75) is 38.6 Å². The van der Waals surface area contributed by atoms with Crippen LogP contribution in [0, 0.1) is 5.92 Å². The third-order valence-electron chi connectivity index (χ3n) is 3.54. The van der Waals surface area contributed by atoms with Crippen molar-refractivity contribution in [2.75, 3.05) is 0 Å². The molecule has 108 valence electrons. The van der Waals surface area contributed by atoms with E-state index < -0.39 is 17.9 Å². The summed E-state index contributed by atoms with van der Waals surface area (Å²) in [6, 6.07) is 2.89. The van der Waals surface area contributed by atoms with Crippen molar-refractivity contribution >= 4 is 18.0 Å². The average molecular weight is 277 g/mol. The molecule has 20 heavy (non-hydrogen) atoms. The van der Waals surface area contributed by atoms with Gasteiger partial charge in [0.05, 0.1) is 0 Å². The van der Waals surface area contributed by atoms with Gasteiger partial charge in [0.2, 0.25) is 5.91 Å². The number of hydrogen-bond acceptors (Lipinski definition) is 3. The quantitative estimate of drug-likeness (QED) is 0.782. The highest BCUT2D eigenvalue weighted by Crippen LogP contribution is 2.47. The van der Waals surface area contributed by atoms with E-state index in [9.17, 15) is 9.59 Å². The summed E-state index contributed by atoms with van der Waals surface area (Å²) < 4.78 is 5.62. The molecule has 2 rings (SSSR count). The topological polar surface area (TPSA) is 79.5 Å². The molecule has 0 aromatic carbocycles. The maximum atomic E-state index is 11.6. The van der Waals surface area contributed by atoms with E-state index in [0.29, 0.717) is 24.0 Å². The fourth-order valence-electron chi connectivity index (χ4n) is 2.09. The molecule has 5 heteroatoms. The molecule has 1 aromatic rings. The van der Waals surface area contributed by atoms with Crippen LogP contribution in [0.25, 0.3) is 6.08 Å². The highest BCUT2D eigenvalue weighted by molar-refractivity contribution is 5.94. The monoisotopic (exact) mass is 277 g/mol. The SMILES string of the molecule is CC[C@@H](NC(=O)C=Cc1ccc(C2CC2C)o1)C(=O)O. The number of carbonyl (C=O) groups is 2. The zero-order valence-corrected chi connectivity index (χ0v) is 11.6. The van der Waals surface area contributed by atoms with Gasteiger partial charge >= 0.3 is 5.97 Å². The Morgan fingerprint density at radius 2 is 2.25 bits per heavy atom. The van der Waals surface area contributed by atoms with Crippen LogP contribution in [0.1, 0.15) is 44.1 Å². The normalized spacial score (nSPS) is 22.7. The van der Waals surface area contributed by atoms with Crippen LogP contribution in [-0.2, 0) is 9.59 Å². The van der Waals surface area contributed by atoms with Crippen LogP contribution in [-0.4, -0.2) is 23.0 Å². The van der Waals surface area contributed by atoms with E-state index in [4.69, 9.17) is 9.52 Å². The lowest BCUT2D eigenvalue weighted by molar-refractivity contribution is -0.141. The number of carboxylic acids is 1. The molecular formula is C15H19NO4. The largest absolute Gasteiger partial charge is 0.480 e. The highest BCUT2D eigenvalue weighted by atomic mass is 16.4. The molecule has 0 aliphatic heterocycles. The van der Waals surface area contributed by atoms with Gasteiger partial charge in [-0.05, 0) is 37.0 Å². The number of carbonyl (C=O) groups excluding carboxylic acids is 1. The molecule has 1 aliphatic rings. The van der Waals surface area contributed by atoms with Gasteiger partial charge in [-0.15, -0.1) is 0 Å². The number of amides is 1. The minimum atomic E-state index is -1.03. The highest BCUT2D eigenvalue weighted by Gasteiger charge is 2.36. The predicted molar refractivity (Wildman–Crippen MR) is 74.1 cm³/mol. The smallest absolute Gasteiger partial charge is 0.326 e. The molecule has 1 amide bonds. The number of aliphatic carboxylic acids is 1. The maximum absolute atomic E-state index is 11.6. The standard InChI is InChI=1S/C15H19NO4/c1-3-12(15(18)19)16-14(17)7-5-10-4-6-13(20-10)11-8-9(11)2/h4-7,9,11-12H,3,8H2,1-2H3,(H,16,17)(H,18,19)/t9?,11?,12-/m1/s1. The van der Waals surface area contributed by atoms with E-state index in [1.807, 2.05) is 12.1 Å². The molecule has 5 nitrogen and oxygen atoms in total. The van der Waals surface area contributed by atoms with Gasteiger partial charge in [0.25, 0.3) is 0 Å². The molecule has 3 atom stereocenters. The molecule has 0 radical (unpaired) electrons. The van der Waals surface area contributed by atoms with Crippen LogP contribution >= 0.6 is 0 Å². The first-order valence-corrected chi connectivity index (χ1v) is 6.82. The molecule has 1 heterocycles. The number of nitrogens with one attached hydrogen (secondary N) is 1. The lowest BCUT2D eigenvalue weighted by Crippen LogP contribution is -2.39. The van der Waals surface area contributed by atoms with Crippen LogP contribution in [0.5, 0.6) is 0 Å². The second kappa shape index (κ2) is 5.94. The number of rotatable bonds is 6. The van der Waals surface area contributed by atoms with E-state index in [0.717, 1.165) is 12.2 Å². The molecule has 1 aliphatic carbocycles. The molecule has 2 N–H and O–H groups in total. The third-order valence-corrected chi connectivity index (χ3v) is 3.54. The summed E-state index contributed by atoms with van der Waals surface area (Å²) in [6.07, 6.45) is 4.35. The van der Waals surface area contributed by atoms with Gasteiger partial charge in [0, 0.05) is 12.0 Å². The van der Waals surface area contributed by atoms with Crippen molar-refractivity contribution < 1.29 is 19.1 Å². The fourth-order valence-corrected chi connectivity index (χ4v) is 2.09. The average Bonchev–Trinajstić information content (AvgIpc) is 2.96. The van der Waals surface area contributed by atoms with Crippen LogP contribution in [0.2, 0.25) is 0 Å². The van der Waals surface area contributed by atoms with Crippen LogP contribution in [0.4, 0.5) is 0 Å². The van der Waals surface area contributed by atoms with Gasteiger partial charge in [-0.1, -0.05) is 13.8 Å². The van der Waals surface area contributed by atoms with Crippen LogP contribution in [0.15, 0.2) is 22.6 Å². The summed E-state index contributed by atoms with van der Waals surface area (Å²) in [5.74, 6) is 1.27. The summed E-state index contributed by atoms with van der Waals surface area (Å²) >= 11 is 0. The molecule has 1 fully saturated rings. The maximum Gasteiger partial charge on any atom is 0.326 e. The van der Waals surface area contributed by atoms with Gasteiger partial charge in [-0.2, -0.15) is 0 Å². The van der Waals surface area contributed by atoms with Crippen molar-refractivity contribution in [3.8, 4) is 0 Å². The number of furan rings is 1. The Morgan fingerprint density at radius 1 is 1.55 bits per heavy atom. The van der Waals surface area contributed by atoms with Crippen molar-refractivity contribution in [1.82, 2.24) is 5.32 Å². The van der Waals surface area contributed by atoms with Crippen LogP contribution in [0.3, 0.4) is 0 Å². The molecule has 0 saturated heterocycles. The summed E-state index contributed by atoms with van der Waals surface area (Å²) in [5, 5.41) is 11.3. The molecule has 2 unspecified atom stereocenters. The first-order chi connectivity index (χ1) is 9.51. The molecular weight excluding hydrogens is 258 g/mol. The van der Waals surface area contributed by atoms with E-state index in [1.54, 1.807) is 13.0 Å².